The summed E-state index contributed by atoms with van der Waals surface area (Å²) in [6.45, 7) is 1.56. The fourth-order valence-electron chi connectivity index (χ4n) is 2.88. The topological polar surface area (TPSA) is 35.9 Å². The number of hydrogen-bond acceptors (Lipinski definition) is 3. The van der Waals surface area contributed by atoms with E-state index in [9.17, 15) is 4.79 Å². The Morgan fingerprint density at radius 3 is 2.54 bits per heavy atom. The lowest BCUT2D eigenvalue weighted by Gasteiger charge is -2.20. The van der Waals surface area contributed by atoms with Gasteiger partial charge >= 0.3 is 0 Å². The van der Waals surface area contributed by atoms with E-state index in [1.165, 1.54) is 0 Å². The van der Waals surface area contributed by atoms with Crippen LogP contribution in [0.25, 0.3) is 0 Å². The first-order chi connectivity index (χ1) is 11.5. The lowest BCUT2D eigenvalue weighted by atomic mass is 9.98. The number of benzene rings is 2. The summed E-state index contributed by atoms with van der Waals surface area (Å²) in [7, 11) is 4.03. The van der Waals surface area contributed by atoms with Crippen LogP contribution in [0.1, 0.15) is 30.5 Å². The summed E-state index contributed by atoms with van der Waals surface area (Å²) >= 11 is 3.45. The van der Waals surface area contributed by atoms with Crippen molar-refractivity contribution in [2.24, 2.45) is 5.10 Å². The number of halogens is 1. The molecule has 1 aliphatic heterocycles. The molecule has 0 aromatic heterocycles. The molecule has 5 heteroatoms. The second kappa shape index (κ2) is 6.77. The van der Waals surface area contributed by atoms with Gasteiger partial charge in [-0.25, -0.2) is 5.01 Å². The summed E-state index contributed by atoms with van der Waals surface area (Å²) in [5, 5.41) is 6.21. The van der Waals surface area contributed by atoms with Crippen molar-refractivity contribution in [1.82, 2.24) is 5.01 Å². The monoisotopic (exact) mass is 385 g/mol. The van der Waals surface area contributed by atoms with Crippen LogP contribution in [0, 0.1) is 0 Å². The number of nitrogens with zero attached hydrogens (tertiary/aromatic N) is 3. The van der Waals surface area contributed by atoms with E-state index in [0.29, 0.717) is 0 Å². The second-order valence-corrected chi connectivity index (χ2v) is 7.04. The van der Waals surface area contributed by atoms with E-state index >= 15 is 0 Å². The Morgan fingerprint density at radius 2 is 1.92 bits per heavy atom. The van der Waals surface area contributed by atoms with Crippen molar-refractivity contribution >= 4 is 33.2 Å². The molecule has 0 radical (unpaired) electrons. The van der Waals surface area contributed by atoms with E-state index in [2.05, 4.69) is 38.1 Å². The van der Waals surface area contributed by atoms with E-state index in [1.54, 1.807) is 11.9 Å². The zero-order valence-corrected chi connectivity index (χ0v) is 15.6. The SMILES string of the molecule is CC(=O)N1N=C(c2cccc(N(C)C)c2)C[C@H]1c1ccc(Br)cc1. The predicted octanol–water partition coefficient (Wildman–Crippen LogP) is 4.21. The lowest BCUT2D eigenvalue weighted by molar-refractivity contribution is -0.130. The zero-order chi connectivity index (χ0) is 17.3. The van der Waals surface area contributed by atoms with Crippen molar-refractivity contribution in [3.05, 3.63) is 64.1 Å². The van der Waals surface area contributed by atoms with Gasteiger partial charge in [-0.15, -0.1) is 0 Å². The average Bonchev–Trinajstić information content (AvgIpc) is 3.01. The molecule has 1 amide bonds. The predicted molar refractivity (Wildman–Crippen MR) is 101 cm³/mol. The average molecular weight is 386 g/mol. The van der Waals surface area contributed by atoms with Gasteiger partial charge in [-0.1, -0.05) is 40.2 Å². The molecule has 2 aromatic rings. The molecule has 124 valence electrons. The quantitative estimate of drug-likeness (QED) is 0.792. The Morgan fingerprint density at radius 1 is 1.21 bits per heavy atom. The summed E-state index contributed by atoms with van der Waals surface area (Å²) in [5.74, 6) is -0.0401. The first-order valence-corrected chi connectivity index (χ1v) is 8.65. The number of hydrogen-bond donors (Lipinski definition) is 0. The second-order valence-electron chi connectivity index (χ2n) is 6.13. The Kier molecular flexibility index (Phi) is 4.71. The molecule has 0 saturated heterocycles. The van der Waals surface area contributed by atoms with Crippen LogP contribution >= 0.6 is 15.9 Å². The third kappa shape index (κ3) is 3.36. The van der Waals surface area contributed by atoms with Crippen LogP contribution in [-0.4, -0.2) is 30.7 Å². The first-order valence-electron chi connectivity index (χ1n) is 7.86. The molecular formula is C19H20BrN3O. The Hall–Kier alpha value is -2.14. The summed E-state index contributed by atoms with van der Waals surface area (Å²) in [6.07, 6.45) is 0.720. The summed E-state index contributed by atoms with van der Waals surface area (Å²) < 4.78 is 1.03. The number of amides is 1. The molecule has 0 saturated carbocycles. The maximum absolute atomic E-state index is 12.1. The molecule has 0 unspecified atom stereocenters. The largest absolute Gasteiger partial charge is 0.378 e. The van der Waals surface area contributed by atoms with Gasteiger partial charge in [0.1, 0.15) is 0 Å². The summed E-state index contributed by atoms with van der Waals surface area (Å²) in [4.78, 5) is 14.1. The molecule has 0 aliphatic carbocycles. The molecule has 1 atom stereocenters. The highest BCUT2D eigenvalue weighted by Gasteiger charge is 2.31. The van der Waals surface area contributed by atoms with Crippen LogP contribution in [0.15, 0.2) is 58.1 Å². The van der Waals surface area contributed by atoms with Crippen molar-refractivity contribution < 1.29 is 4.79 Å². The standard InChI is InChI=1S/C19H20BrN3O/c1-13(24)23-19(14-7-9-16(20)10-8-14)12-18(21-23)15-5-4-6-17(11-15)22(2)3/h4-11,19H,12H2,1-3H3/t19-/m0/s1. The summed E-state index contributed by atoms with van der Waals surface area (Å²) in [5.41, 5.74) is 4.22. The van der Waals surface area contributed by atoms with E-state index in [1.807, 2.05) is 50.5 Å². The highest BCUT2D eigenvalue weighted by molar-refractivity contribution is 9.10. The molecule has 4 nitrogen and oxygen atoms in total. The van der Waals surface area contributed by atoms with Crippen molar-refractivity contribution in [2.75, 3.05) is 19.0 Å². The van der Waals surface area contributed by atoms with E-state index in [0.717, 1.165) is 33.4 Å². The normalized spacial score (nSPS) is 16.9. The smallest absolute Gasteiger partial charge is 0.240 e. The highest BCUT2D eigenvalue weighted by Crippen LogP contribution is 2.33. The maximum atomic E-state index is 12.1. The van der Waals surface area contributed by atoms with Gasteiger partial charge in [-0.05, 0) is 35.4 Å². The Balaban J connectivity index is 1.93. The van der Waals surface area contributed by atoms with Gasteiger partial charge in [0, 0.05) is 37.6 Å². The lowest BCUT2D eigenvalue weighted by Crippen LogP contribution is -2.24. The molecule has 0 spiro atoms. The molecule has 0 N–H and O–H groups in total. The van der Waals surface area contributed by atoms with Crippen LogP contribution in [0.5, 0.6) is 0 Å². The van der Waals surface area contributed by atoms with Crippen LogP contribution in [-0.2, 0) is 4.79 Å². The maximum Gasteiger partial charge on any atom is 0.240 e. The minimum Gasteiger partial charge on any atom is -0.378 e. The number of anilines is 1. The van der Waals surface area contributed by atoms with Gasteiger partial charge in [0.2, 0.25) is 5.91 Å². The highest BCUT2D eigenvalue weighted by atomic mass is 79.9. The van der Waals surface area contributed by atoms with Gasteiger partial charge in [0.25, 0.3) is 0 Å². The van der Waals surface area contributed by atoms with E-state index < -0.39 is 0 Å². The van der Waals surface area contributed by atoms with Gasteiger partial charge in [0.15, 0.2) is 0 Å². The van der Waals surface area contributed by atoms with Crippen LogP contribution < -0.4 is 4.90 Å². The third-order valence-corrected chi connectivity index (χ3v) is 4.71. The first kappa shape index (κ1) is 16.7. The number of carbonyl (C=O) groups is 1. The Bertz CT molecular complexity index is 783. The van der Waals surface area contributed by atoms with E-state index in [4.69, 9.17) is 0 Å². The minimum absolute atomic E-state index is 0.0401. The third-order valence-electron chi connectivity index (χ3n) is 4.18. The molecule has 1 heterocycles. The van der Waals surface area contributed by atoms with Crippen molar-refractivity contribution in [3.63, 3.8) is 0 Å². The Labute approximate surface area is 150 Å². The zero-order valence-electron chi connectivity index (χ0n) is 14.0. The molecule has 24 heavy (non-hydrogen) atoms. The van der Waals surface area contributed by atoms with E-state index in [-0.39, 0.29) is 11.9 Å². The van der Waals surface area contributed by atoms with Gasteiger partial charge in [-0.3, -0.25) is 4.79 Å². The minimum atomic E-state index is -0.0476. The molecular weight excluding hydrogens is 366 g/mol. The fraction of sp³-hybridized carbons (Fsp3) is 0.263. The molecule has 0 bridgehead atoms. The number of hydrazone groups is 1. The van der Waals surface area contributed by atoms with Crippen molar-refractivity contribution in [3.8, 4) is 0 Å². The molecule has 0 fully saturated rings. The van der Waals surface area contributed by atoms with Crippen LogP contribution in [0.2, 0.25) is 0 Å². The van der Waals surface area contributed by atoms with Crippen LogP contribution in [0.4, 0.5) is 5.69 Å². The van der Waals surface area contributed by atoms with Gasteiger partial charge in [0.05, 0.1) is 11.8 Å². The summed E-state index contributed by atoms with van der Waals surface area (Å²) in [6, 6.07) is 16.3. The van der Waals surface area contributed by atoms with Crippen molar-refractivity contribution in [1.29, 1.82) is 0 Å². The number of carbonyl (C=O) groups excluding carboxylic acids is 1. The molecule has 2 aromatic carbocycles. The van der Waals surface area contributed by atoms with Gasteiger partial charge < -0.3 is 4.90 Å². The molecule has 3 rings (SSSR count). The molecule has 1 aliphatic rings. The van der Waals surface area contributed by atoms with Gasteiger partial charge in [-0.2, -0.15) is 5.10 Å². The van der Waals surface area contributed by atoms with Crippen molar-refractivity contribution in [2.45, 2.75) is 19.4 Å². The van der Waals surface area contributed by atoms with Crippen LogP contribution in [0.3, 0.4) is 0 Å². The number of rotatable bonds is 3. The fourth-order valence-corrected chi connectivity index (χ4v) is 3.15.